The highest BCUT2D eigenvalue weighted by Gasteiger charge is 2.12. The Bertz CT molecular complexity index is 185. The van der Waals surface area contributed by atoms with Crippen molar-refractivity contribution in [2.45, 2.75) is 59.0 Å². The third-order valence-corrected chi connectivity index (χ3v) is 2.21. The number of carbonyl (C=O) groups is 1. The number of rotatable bonds is 7. The van der Waals surface area contributed by atoms with Crippen LogP contribution in [-0.2, 0) is 9.53 Å². The summed E-state index contributed by atoms with van der Waals surface area (Å²) in [5.74, 6) is -0.256. The van der Waals surface area contributed by atoms with Crippen molar-refractivity contribution in [1.82, 2.24) is 0 Å². The third-order valence-electron chi connectivity index (χ3n) is 2.21. The van der Waals surface area contributed by atoms with Gasteiger partial charge in [-0.15, -0.1) is 0 Å². The van der Waals surface area contributed by atoms with Gasteiger partial charge < -0.3 is 4.74 Å². The molecule has 0 heterocycles. The number of esters is 1. The Morgan fingerprint density at radius 3 is 2.43 bits per heavy atom. The van der Waals surface area contributed by atoms with Crippen molar-refractivity contribution >= 4 is 5.97 Å². The van der Waals surface area contributed by atoms with Gasteiger partial charge in [0.2, 0.25) is 0 Å². The van der Waals surface area contributed by atoms with Crippen LogP contribution in [0.1, 0.15) is 52.9 Å². The molecule has 14 heavy (non-hydrogen) atoms. The highest BCUT2D eigenvalue weighted by molar-refractivity contribution is 5.87. The summed E-state index contributed by atoms with van der Waals surface area (Å²) in [5, 5.41) is 0. The van der Waals surface area contributed by atoms with Gasteiger partial charge in [0, 0.05) is 5.57 Å². The normalized spacial score (nSPS) is 12.2. The van der Waals surface area contributed by atoms with Crippen molar-refractivity contribution in [2.24, 2.45) is 0 Å². The average molecular weight is 198 g/mol. The molecule has 0 aliphatic heterocycles. The highest BCUT2D eigenvalue weighted by Crippen LogP contribution is 2.11. The van der Waals surface area contributed by atoms with Crippen molar-refractivity contribution in [3.63, 3.8) is 0 Å². The maximum Gasteiger partial charge on any atom is 0.333 e. The van der Waals surface area contributed by atoms with Gasteiger partial charge in [0.15, 0.2) is 0 Å². The van der Waals surface area contributed by atoms with Crippen LogP contribution in [0.2, 0.25) is 0 Å². The zero-order valence-electron chi connectivity index (χ0n) is 9.64. The van der Waals surface area contributed by atoms with E-state index in [1.54, 1.807) is 6.92 Å². The van der Waals surface area contributed by atoms with Crippen molar-refractivity contribution in [2.75, 3.05) is 0 Å². The second-order valence-electron chi connectivity index (χ2n) is 3.71. The third kappa shape index (κ3) is 5.79. The molecule has 0 saturated carbocycles. The van der Waals surface area contributed by atoms with Crippen LogP contribution in [0.4, 0.5) is 0 Å². The predicted molar refractivity (Wildman–Crippen MR) is 59.1 cm³/mol. The zero-order valence-corrected chi connectivity index (χ0v) is 9.64. The summed E-state index contributed by atoms with van der Waals surface area (Å²) in [7, 11) is 0. The first-order valence-electron chi connectivity index (χ1n) is 5.48. The van der Waals surface area contributed by atoms with Gasteiger partial charge in [0.05, 0.1) is 0 Å². The van der Waals surface area contributed by atoms with E-state index in [2.05, 4.69) is 13.5 Å². The molecule has 0 amide bonds. The second kappa shape index (κ2) is 7.60. The summed E-state index contributed by atoms with van der Waals surface area (Å²) in [6.07, 6.45) is 5.49. The van der Waals surface area contributed by atoms with Crippen LogP contribution in [-0.4, -0.2) is 12.1 Å². The van der Waals surface area contributed by atoms with E-state index in [1.165, 1.54) is 12.8 Å². The lowest BCUT2D eigenvalue weighted by molar-refractivity contribution is -0.144. The molecule has 0 rings (SSSR count). The lowest BCUT2D eigenvalue weighted by atomic mass is 10.1. The standard InChI is InChI=1S/C12H22O2/c1-5-7-8-9-11(6-2)14-12(13)10(3)4/h11H,3,5-9H2,1-2,4H3. The molecule has 0 aromatic rings. The van der Waals surface area contributed by atoms with E-state index >= 15 is 0 Å². The number of hydrogen-bond acceptors (Lipinski definition) is 2. The van der Waals surface area contributed by atoms with E-state index in [0.29, 0.717) is 5.57 Å². The number of carbonyl (C=O) groups excluding carboxylic acids is 1. The van der Waals surface area contributed by atoms with Gasteiger partial charge in [-0.2, -0.15) is 0 Å². The summed E-state index contributed by atoms with van der Waals surface area (Å²) < 4.78 is 5.27. The van der Waals surface area contributed by atoms with Gasteiger partial charge in [0.25, 0.3) is 0 Å². The predicted octanol–water partition coefficient (Wildman–Crippen LogP) is 3.46. The lowest BCUT2D eigenvalue weighted by Gasteiger charge is -2.15. The van der Waals surface area contributed by atoms with Crippen molar-refractivity contribution in [3.8, 4) is 0 Å². The lowest BCUT2D eigenvalue weighted by Crippen LogP contribution is -2.17. The monoisotopic (exact) mass is 198 g/mol. The molecular weight excluding hydrogens is 176 g/mol. The molecule has 82 valence electrons. The molecule has 0 N–H and O–H groups in total. The molecule has 2 nitrogen and oxygen atoms in total. The number of hydrogen-bond donors (Lipinski definition) is 0. The first-order chi connectivity index (χ1) is 6.61. The van der Waals surface area contributed by atoms with E-state index in [0.717, 1.165) is 19.3 Å². The minimum atomic E-state index is -0.256. The van der Waals surface area contributed by atoms with Gasteiger partial charge in [0.1, 0.15) is 6.10 Å². The molecular formula is C12H22O2. The maximum atomic E-state index is 11.2. The molecule has 0 radical (unpaired) electrons. The molecule has 1 atom stereocenters. The van der Waals surface area contributed by atoms with E-state index in [-0.39, 0.29) is 12.1 Å². The summed E-state index contributed by atoms with van der Waals surface area (Å²) in [6, 6.07) is 0. The summed E-state index contributed by atoms with van der Waals surface area (Å²) in [4.78, 5) is 11.2. The fourth-order valence-electron chi connectivity index (χ4n) is 1.22. The number of ether oxygens (including phenoxy) is 1. The fourth-order valence-corrected chi connectivity index (χ4v) is 1.22. The van der Waals surface area contributed by atoms with Gasteiger partial charge in [-0.25, -0.2) is 4.79 Å². The Balaban J connectivity index is 3.78. The Labute approximate surface area is 87.3 Å². The van der Waals surface area contributed by atoms with Crippen molar-refractivity contribution in [3.05, 3.63) is 12.2 Å². The quantitative estimate of drug-likeness (QED) is 0.356. The Morgan fingerprint density at radius 2 is 2.00 bits per heavy atom. The van der Waals surface area contributed by atoms with Crippen LogP contribution in [0.25, 0.3) is 0 Å². The zero-order chi connectivity index (χ0) is 11.0. The molecule has 2 heteroatoms. The fraction of sp³-hybridized carbons (Fsp3) is 0.750. The van der Waals surface area contributed by atoms with Crippen LogP contribution < -0.4 is 0 Å². The molecule has 1 unspecified atom stereocenters. The van der Waals surface area contributed by atoms with E-state index in [1.807, 2.05) is 6.92 Å². The average Bonchev–Trinajstić information content (AvgIpc) is 2.16. The summed E-state index contributed by atoms with van der Waals surface area (Å²) >= 11 is 0. The summed E-state index contributed by atoms with van der Waals surface area (Å²) in [5.41, 5.74) is 0.485. The second-order valence-corrected chi connectivity index (χ2v) is 3.71. The molecule has 0 bridgehead atoms. The topological polar surface area (TPSA) is 26.3 Å². The van der Waals surface area contributed by atoms with E-state index in [4.69, 9.17) is 4.74 Å². The molecule has 0 aromatic carbocycles. The minimum Gasteiger partial charge on any atom is -0.459 e. The van der Waals surface area contributed by atoms with Crippen molar-refractivity contribution in [1.29, 1.82) is 0 Å². The van der Waals surface area contributed by atoms with E-state index in [9.17, 15) is 4.79 Å². The maximum absolute atomic E-state index is 11.2. The van der Waals surface area contributed by atoms with Crippen molar-refractivity contribution < 1.29 is 9.53 Å². The summed E-state index contributed by atoms with van der Waals surface area (Å²) in [6.45, 7) is 9.46. The van der Waals surface area contributed by atoms with Crippen LogP contribution in [0.15, 0.2) is 12.2 Å². The van der Waals surface area contributed by atoms with Gasteiger partial charge >= 0.3 is 5.97 Å². The first-order valence-corrected chi connectivity index (χ1v) is 5.48. The van der Waals surface area contributed by atoms with Gasteiger partial charge in [-0.3, -0.25) is 0 Å². The molecule has 0 saturated heterocycles. The van der Waals surface area contributed by atoms with Crippen LogP contribution in [0.5, 0.6) is 0 Å². The van der Waals surface area contributed by atoms with Crippen LogP contribution >= 0.6 is 0 Å². The molecule has 0 aliphatic carbocycles. The van der Waals surface area contributed by atoms with Gasteiger partial charge in [-0.05, 0) is 26.2 Å². The largest absolute Gasteiger partial charge is 0.459 e. The Hall–Kier alpha value is -0.790. The Morgan fingerprint density at radius 1 is 1.36 bits per heavy atom. The molecule has 0 spiro atoms. The van der Waals surface area contributed by atoms with Gasteiger partial charge in [-0.1, -0.05) is 33.3 Å². The SMILES string of the molecule is C=C(C)C(=O)OC(CC)CCCCC. The highest BCUT2D eigenvalue weighted by atomic mass is 16.5. The minimum absolute atomic E-state index is 0.0748. The Kier molecular flexibility index (Phi) is 7.17. The number of unbranched alkanes of at least 4 members (excludes halogenated alkanes) is 2. The van der Waals surface area contributed by atoms with E-state index < -0.39 is 0 Å². The first kappa shape index (κ1) is 13.2. The van der Waals surface area contributed by atoms with Crippen LogP contribution in [0.3, 0.4) is 0 Å². The molecule has 0 aliphatic rings. The molecule has 0 fully saturated rings. The van der Waals surface area contributed by atoms with Crippen LogP contribution in [0, 0.1) is 0 Å². The smallest absolute Gasteiger partial charge is 0.333 e. The molecule has 0 aromatic heterocycles.